The molecule has 51 atom stereocenters. The summed E-state index contributed by atoms with van der Waals surface area (Å²) in [6, 6.07) is 0. The van der Waals surface area contributed by atoms with Crippen molar-refractivity contribution < 1.29 is 0 Å². The summed E-state index contributed by atoms with van der Waals surface area (Å²) in [6.07, 6.45) is 19.0. The Balaban J connectivity index is 1.48. The maximum Gasteiger partial charge on any atom is -0.0256 e. The van der Waals surface area contributed by atoms with E-state index in [0.29, 0.717) is 107 Å². The Morgan fingerprint density at radius 3 is 0.645 bits per heavy atom. The number of fused-ring (bicyclic) bond motifs is 6. The molecule has 0 spiro atoms. The van der Waals surface area contributed by atoms with E-state index in [1.54, 1.807) is 0 Å². The lowest BCUT2D eigenvalue weighted by Gasteiger charge is -2.73. The second-order valence-corrected chi connectivity index (χ2v) is 51.9. The van der Waals surface area contributed by atoms with Crippen molar-refractivity contribution in [1.82, 2.24) is 0 Å². The van der Waals surface area contributed by atoms with Crippen molar-refractivity contribution in [3.8, 4) is 0 Å². The first-order chi connectivity index (χ1) is 51.3. The molecule has 0 nitrogen and oxygen atoms in total. The maximum atomic E-state index is 3.36. The molecule has 0 aromatic carbocycles. The zero-order valence-corrected chi connectivity index (χ0v) is 81.2. The predicted molar refractivity (Wildman–Crippen MR) is 480 cm³/mol. The van der Waals surface area contributed by atoms with Crippen molar-refractivity contribution in [1.29, 1.82) is 0 Å². The predicted octanol–water partition coefficient (Wildman–Crippen LogP) is 31.7. The molecule has 51 unspecified atom stereocenters. The van der Waals surface area contributed by atoms with Crippen LogP contribution in [-0.2, 0) is 0 Å². The quantitative estimate of drug-likeness (QED) is 0.216. The van der Waals surface area contributed by atoms with Crippen LogP contribution >= 0.6 is 0 Å². The van der Waals surface area contributed by atoms with E-state index in [0.717, 1.165) is 237 Å². The van der Waals surface area contributed by atoms with Crippen LogP contribution in [0.4, 0.5) is 0 Å². The lowest BCUT2D eigenvalue weighted by atomic mass is 9.32. The molecule has 0 N–H and O–H groups in total. The molecule has 0 saturated heterocycles. The van der Waals surface area contributed by atoms with Crippen LogP contribution in [-0.4, -0.2) is 0 Å². The molecular weight excluding hydrogens is 1320 g/mol. The highest BCUT2D eigenvalue weighted by atomic mass is 14.8. The Morgan fingerprint density at radius 2 is 0.345 bits per heavy atom. The molecule has 0 heteroatoms. The molecule has 0 amide bonds. The summed E-state index contributed by atoms with van der Waals surface area (Å²) < 4.78 is 0. The molecule has 12 saturated carbocycles. The zero-order valence-electron chi connectivity index (χ0n) is 81.2. The van der Waals surface area contributed by atoms with Gasteiger partial charge in [0.25, 0.3) is 0 Å². The smallest absolute Gasteiger partial charge is 0.0256 e. The summed E-state index contributed by atoms with van der Waals surface area (Å²) >= 11 is 0. The van der Waals surface area contributed by atoms with Gasteiger partial charge in [0, 0.05) is 0 Å². The number of hydrogen-bond donors (Lipinski definition) is 0. The van der Waals surface area contributed by atoms with Gasteiger partial charge in [-0.1, -0.05) is 263 Å². The monoisotopic (exact) mass is 1520 g/mol. The van der Waals surface area contributed by atoms with E-state index in [2.05, 4.69) is 263 Å². The van der Waals surface area contributed by atoms with Gasteiger partial charge in [0.15, 0.2) is 0 Å². The Morgan fingerprint density at radius 1 is 0.164 bits per heavy atom. The topological polar surface area (TPSA) is 0 Å². The summed E-state index contributed by atoms with van der Waals surface area (Å²) in [4.78, 5) is 0. The summed E-state index contributed by atoms with van der Waals surface area (Å²) in [5.41, 5.74) is 0.197. The molecule has 12 aliphatic rings. The van der Waals surface area contributed by atoms with E-state index >= 15 is 0 Å². The standard InChI is InChI=1S/C110H198/c1-52(2)83-60(15)41-61(16)84(53(3)4)97(83)102-96-82(37)59(14)40-66(21)89(96)67(22)45-72(27)92-74(29)47-75(30)93-73(28)46-70(25)90-68(23)43-64(19)87(56(9)10)99(90)103(101(92)93)105(102)107-104(98-85(54(5)6)62(17)42-63(18)86(98)55(7)8)100-88(57(11)12)65(20)44-69(24)91(100)71(26)48-76(31)94-77(32)49-78(33)95-79(34)50-81(36)108-80(35)39-58(13)51-110(108,38)109(107)106(94)95/h52-109H,39-51H2,1-38H3. The van der Waals surface area contributed by atoms with Crippen molar-refractivity contribution in [2.24, 2.45) is 349 Å². The Labute approximate surface area is 690 Å². The first-order valence-corrected chi connectivity index (χ1v) is 51.3. The van der Waals surface area contributed by atoms with Gasteiger partial charge in [-0.2, -0.15) is 0 Å². The van der Waals surface area contributed by atoms with E-state index in [4.69, 9.17) is 0 Å². The lowest BCUT2D eigenvalue weighted by Crippen LogP contribution is -2.68. The largest absolute Gasteiger partial charge is 0.0625 e. The molecule has 0 aliphatic heterocycles. The maximum absolute atomic E-state index is 3.36. The van der Waals surface area contributed by atoms with Gasteiger partial charge in [0.2, 0.25) is 0 Å². The summed E-state index contributed by atoms with van der Waals surface area (Å²) in [5, 5.41) is 0. The fourth-order valence-electron chi connectivity index (χ4n) is 42.9. The molecule has 0 bridgehead atoms. The minimum atomic E-state index is 0.197. The average Bonchev–Trinajstić information content (AvgIpc) is 0.681. The highest BCUT2D eigenvalue weighted by Gasteiger charge is 2.73. The van der Waals surface area contributed by atoms with Gasteiger partial charge >= 0.3 is 0 Å². The minimum absolute atomic E-state index is 0.197. The van der Waals surface area contributed by atoms with Gasteiger partial charge in [0.05, 0.1) is 0 Å². The van der Waals surface area contributed by atoms with Gasteiger partial charge < -0.3 is 0 Å². The molecule has 0 aromatic rings. The van der Waals surface area contributed by atoms with Crippen LogP contribution in [0.25, 0.3) is 0 Å². The van der Waals surface area contributed by atoms with Crippen LogP contribution in [0.2, 0.25) is 0 Å². The second-order valence-electron chi connectivity index (χ2n) is 51.9. The van der Waals surface area contributed by atoms with Crippen LogP contribution in [0.1, 0.15) is 347 Å². The third kappa shape index (κ3) is 15.2. The number of hydrogen-bond acceptors (Lipinski definition) is 0. The highest BCUT2D eigenvalue weighted by Crippen LogP contribution is 2.78. The van der Waals surface area contributed by atoms with Crippen molar-refractivity contribution in [3.63, 3.8) is 0 Å². The van der Waals surface area contributed by atoms with Gasteiger partial charge in [-0.3, -0.25) is 0 Å². The van der Waals surface area contributed by atoms with Crippen LogP contribution in [0, 0.1) is 349 Å². The minimum Gasteiger partial charge on any atom is -0.0625 e. The molecule has 638 valence electrons. The summed E-state index contributed by atoms with van der Waals surface area (Å²) in [7, 11) is 0. The molecular formula is C110H198. The molecule has 110 heavy (non-hydrogen) atoms. The SMILES string of the molecule is CC1CC(C)C2C(C)CC(C)C3C(C)CC(C)C4C(C)CC(C)C5C(C)CC(C)C(C(C)C)C5C(C5C(C(C)C)C(C)CC(C)C5C(C)C)C(C5C(C6C(C(C)C)C(C)CC(C)C6C(C)C)C6C(C)C(C)CC(C)C6C(C)CC(C)C6C(C)CC(C)C7C(C)CC(C)C8C(C)CC(C)C(C(C)C)C8C5C67)C(C43)C2(C)C1. The lowest BCUT2D eigenvalue weighted by molar-refractivity contribution is -0.255. The third-order valence-corrected chi connectivity index (χ3v) is 42.8. The average molecular weight is 1520 g/mol. The molecule has 12 aliphatic carbocycles. The van der Waals surface area contributed by atoms with E-state index in [1.807, 2.05) is 0 Å². The normalized spacial score (nSPS) is 58.1. The van der Waals surface area contributed by atoms with Crippen LogP contribution in [0.5, 0.6) is 0 Å². The Kier molecular flexibility index (Phi) is 27.7. The second kappa shape index (κ2) is 34.1. The molecule has 0 radical (unpaired) electrons. The Hall–Kier alpha value is 0. The van der Waals surface area contributed by atoms with E-state index in [-0.39, 0.29) is 5.41 Å². The number of rotatable bonds is 9. The van der Waals surface area contributed by atoms with Gasteiger partial charge in [-0.15, -0.1) is 0 Å². The van der Waals surface area contributed by atoms with Crippen molar-refractivity contribution in [2.45, 2.75) is 347 Å². The highest BCUT2D eigenvalue weighted by molar-refractivity contribution is 5.20. The van der Waals surface area contributed by atoms with E-state index < -0.39 is 0 Å². The van der Waals surface area contributed by atoms with Crippen LogP contribution < -0.4 is 0 Å². The summed E-state index contributed by atoms with van der Waals surface area (Å²) in [6.45, 7) is 113. The third-order valence-electron chi connectivity index (χ3n) is 42.8. The van der Waals surface area contributed by atoms with Gasteiger partial charge in [0.1, 0.15) is 0 Å². The first-order valence-electron chi connectivity index (χ1n) is 51.3. The zero-order chi connectivity index (χ0) is 81.2. The van der Waals surface area contributed by atoms with E-state index in [9.17, 15) is 0 Å². The van der Waals surface area contributed by atoms with Crippen molar-refractivity contribution >= 4 is 0 Å². The fraction of sp³-hybridized carbons (Fsp3) is 1.00. The molecule has 0 heterocycles. The molecule has 12 rings (SSSR count). The summed E-state index contributed by atoms with van der Waals surface area (Å²) in [5.74, 6) is 41.8. The first kappa shape index (κ1) is 89.3. The van der Waals surface area contributed by atoms with E-state index in [1.165, 1.54) is 83.5 Å². The fourth-order valence-corrected chi connectivity index (χ4v) is 42.9. The van der Waals surface area contributed by atoms with Crippen LogP contribution in [0.3, 0.4) is 0 Å². The van der Waals surface area contributed by atoms with Gasteiger partial charge in [-0.05, 0) is 432 Å². The van der Waals surface area contributed by atoms with Crippen LogP contribution in [0.15, 0.2) is 0 Å². The Bertz CT molecular complexity index is 2880. The molecule has 12 fully saturated rings. The van der Waals surface area contributed by atoms with Gasteiger partial charge in [-0.25, -0.2) is 0 Å². The molecule has 0 aromatic heterocycles. The van der Waals surface area contributed by atoms with Crippen molar-refractivity contribution in [3.05, 3.63) is 0 Å². The van der Waals surface area contributed by atoms with Crippen molar-refractivity contribution in [2.75, 3.05) is 0 Å².